The van der Waals surface area contributed by atoms with Gasteiger partial charge in [-0.05, 0) is 67.3 Å². The van der Waals surface area contributed by atoms with Crippen molar-refractivity contribution in [2.75, 3.05) is 13.2 Å². The molecule has 1 aromatic heterocycles. The monoisotopic (exact) mass is 523 g/mol. The van der Waals surface area contributed by atoms with Crippen molar-refractivity contribution in [2.45, 2.75) is 38.9 Å². The molecule has 0 unspecified atom stereocenters. The molecule has 3 aromatic carbocycles. The number of carbonyl (C=O) groups is 3. The second kappa shape index (κ2) is 9.27. The largest absolute Gasteiger partial charge is 0.494 e. The van der Waals surface area contributed by atoms with Crippen LogP contribution in [0.1, 0.15) is 48.3 Å². The van der Waals surface area contributed by atoms with Crippen LogP contribution in [0.2, 0.25) is 0 Å². The fraction of sp³-hybridized carbons (Fsp3) is 0.267. The van der Waals surface area contributed by atoms with Crippen LogP contribution in [0, 0.1) is 0 Å². The van der Waals surface area contributed by atoms with E-state index in [4.69, 9.17) is 4.74 Å². The molecule has 39 heavy (non-hydrogen) atoms. The molecule has 4 amide bonds. The minimum atomic E-state index is -1.40. The topological polar surface area (TPSA) is 106 Å². The first-order valence-corrected chi connectivity index (χ1v) is 13.1. The Balaban J connectivity index is 1.30. The zero-order valence-electron chi connectivity index (χ0n) is 22.0. The first kappa shape index (κ1) is 24.7. The number of aromatic nitrogens is 2. The van der Waals surface area contributed by atoms with Gasteiger partial charge >= 0.3 is 6.03 Å². The van der Waals surface area contributed by atoms with Crippen molar-refractivity contribution in [2.24, 2.45) is 0 Å². The quantitative estimate of drug-likeness (QED) is 0.350. The Bertz CT molecular complexity index is 1620. The van der Waals surface area contributed by atoms with Crippen LogP contribution in [-0.4, -0.2) is 45.7 Å². The minimum absolute atomic E-state index is 0.00173. The molecule has 1 fully saturated rings. The fourth-order valence-electron chi connectivity index (χ4n) is 5.34. The SMILES string of the molecule is CCOc1ccc2c(c1)C(=O)N(C[C@@]1(c3ccc(-c4ccc5nn(C(C)C)cc5c4)cc3)NC(=O)NC1=O)C2. The van der Waals surface area contributed by atoms with Gasteiger partial charge in [0.2, 0.25) is 0 Å². The molecular weight excluding hydrogens is 494 g/mol. The second-order valence-electron chi connectivity index (χ2n) is 10.3. The van der Waals surface area contributed by atoms with Gasteiger partial charge in [-0.1, -0.05) is 36.4 Å². The molecule has 9 heteroatoms. The molecule has 1 atom stereocenters. The maximum Gasteiger partial charge on any atom is 0.322 e. The number of hydrogen-bond donors (Lipinski definition) is 2. The highest BCUT2D eigenvalue weighted by Crippen LogP contribution is 2.34. The number of nitrogens with zero attached hydrogens (tertiary/aromatic N) is 3. The Hall–Kier alpha value is -4.66. The summed E-state index contributed by atoms with van der Waals surface area (Å²) in [6.45, 7) is 6.90. The van der Waals surface area contributed by atoms with Crippen LogP contribution < -0.4 is 15.4 Å². The average molecular weight is 524 g/mol. The van der Waals surface area contributed by atoms with Gasteiger partial charge in [0, 0.05) is 29.7 Å². The Morgan fingerprint density at radius 2 is 1.77 bits per heavy atom. The van der Waals surface area contributed by atoms with Crippen LogP contribution in [0.4, 0.5) is 4.79 Å². The Morgan fingerprint density at radius 3 is 2.46 bits per heavy atom. The summed E-state index contributed by atoms with van der Waals surface area (Å²) in [7, 11) is 0. The van der Waals surface area contributed by atoms with Crippen molar-refractivity contribution in [1.82, 2.24) is 25.3 Å². The average Bonchev–Trinajstić information content (AvgIpc) is 3.58. The van der Waals surface area contributed by atoms with Gasteiger partial charge in [0.25, 0.3) is 11.8 Å². The van der Waals surface area contributed by atoms with E-state index in [-0.39, 0.29) is 18.5 Å². The van der Waals surface area contributed by atoms with Gasteiger partial charge in [-0.15, -0.1) is 0 Å². The van der Waals surface area contributed by atoms with Crippen molar-refractivity contribution in [1.29, 1.82) is 0 Å². The molecule has 198 valence electrons. The van der Waals surface area contributed by atoms with E-state index >= 15 is 0 Å². The molecule has 2 aliphatic rings. The molecule has 6 rings (SSSR count). The molecule has 0 bridgehead atoms. The summed E-state index contributed by atoms with van der Waals surface area (Å²) in [4.78, 5) is 40.4. The number of benzene rings is 3. The number of hydrogen-bond acceptors (Lipinski definition) is 5. The molecule has 4 aromatic rings. The van der Waals surface area contributed by atoms with Crippen LogP contribution in [-0.2, 0) is 16.9 Å². The van der Waals surface area contributed by atoms with E-state index < -0.39 is 17.5 Å². The molecule has 0 saturated carbocycles. The number of carbonyl (C=O) groups excluding carboxylic acids is 3. The lowest BCUT2D eigenvalue weighted by Crippen LogP contribution is -2.52. The number of nitrogens with one attached hydrogen (secondary N) is 2. The van der Waals surface area contributed by atoms with Gasteiger partial charge < -0.3 is 15.0 Å². The van der Waals surface area contributed by atoms with Crippen LogP contribution in [0.15, 0.2) is 66.9 Å². The lowest BCUT2D eigenvalue weighted by molar-refractivity contribution is -0.124. The van der Waals surface area contributed by atoms with Crippen LogP contribution in [0.5, 0.6) is 5.75 Å². The second-order valence-corrected chi connectivity index (χ2v) is 10.3. The number of ether oxygens (including phenoxy) is 1. The highest BCUT2D eigenvalue weighted by atomic mass is 16.5. The number of amides is 4. The molecule has 1 saturated heterocycles. The molecule has 3 heterocycles. The van der Waals surface area contributed by atoms with E-state index in [9.17, 15) is 14.4 Å². The molecule has 2 N–H and O–H groups in total. The Kier molecular flexibility index (Phi) is 5.86. The molecule has 0 aliphatic carbocycles. The fourth-order valence-corrected chi connectivity index (χ4v) is 5.34. The lowest BCUT2D eigenvalue weighted by Gasteiger charge is -2.31. The van der Waals surface area contributed by atoms with E-state index in [2.05, 4.69) is 35.6 Å². The standard InChI is InChI=1S/C30H29N5O4/c1-4-39-24-11-7-21-15-34(27(36)25(21)14-24)17-30(28(37)31-29(38)32-30)23-9-5-19(6-10-23)20-8-12-26-22(13-20)16-35(33-26)18(2)3/h5-14,16,18H,4,15,17H2,1-3H3,(H2,31,32,37,38)/t30-/m0/s1. The van der Waals surface area contributed by atoms with Crippen molar-refractivity contribution in [3.8, 4) is 16.9 Å². The number of fused-ring (bicyclic) bond motifs is 2. The van der Waals surface area contributed by atoms with Crippen molar-refractivity contribution >= 4 is 28.7 Å². The first-order valence-electron chi connectivity index (χ1n) is 13.1. The van der Waals surface area contributed by atoms with Gasteiger partial charge in [0.1, 0.15) is 5.75 Å². The summed E-state index contributed by atoms with van der Waals surface area (Å²) >= 11 is 0. The zero-order valence-corrected chi connectivity index (χ0v) is 22.0. The third kappa shape index (κ3) is 4.20. The first-order chi connectivity index (χ1) is 18.8. The number of rotatable bonds is 7. The molecule has 0 spiro atoms. The maximum atomic E-state index is 13.3. The summed E-state index contributed by atoms with van der Waals surface area (Å²) in [5, 5.41) is 10.8. The van der Waals surface area contributed by atoms with Crippen molar-refractivity contribution < 1.29 is 19.1 Å². The Labute approximate surface area is 225 Å². The van der Waals surface area contributed by atoms with Crippen LogP contribution in [0.25, 0.3) is 22.0 Å². The van der Waals surface area contributed by atoms with E-state index in [0.29, 0.717) is 30.0 Å². The smallest absolute Gasteiger partial charge is 0.322 e. The van der Waals surface area contributed by atoms with E-state index in [1.54, 1.807) is 11.0 Å². The predicted octanol–water partition coefficient (Wildman–Crippen LogP) is 4.37. The predicted molar refractivity (Wildman–Crippen MR) is 146 cm³/mol. The van der Waals surface area contributed by atoms with E-state index in [1.807, 2.05) is 66.3 Å². The zero-order chi connectivity index (χ0) is 27.3. The molecule has 2 aliphatic heterocycles. The van der Waals surface area contributed by atoms with E-state index in [1.165, 1.54) is 0 Å². The Morgan fingerprint density at radius 1 is 1.00 bits per heavy atom. The third-order valence-corrected chi connectivity index (χ3v) is 7.40. The third-order valence-electron chi connectivity index (χ3n) is 7.40. The van der Waals surface area contributed by atoms with Crippen LogP contribution >= 0.6 is 0 Å². The molecular formula is C30H29N5O4. The van der Waals surface area contributed by atoms with Gasteiger partial charge in [0.05, 0.1) is 18.7 Å². The summed E-state index contributed by atoms with van der Waals surface area (Å²) in [6, 6.07) is 18.8. The summed E-state index contributed by atoms with van der Waals surface area (Å²) in [6.07, 6.45) is 2.04. The maximum absolute atomic E-state index is 13.3. The highest BCUT2D eigenvalue weighted by molar-refractivity contribution is 6.08. The van der Waals surface area contributed by atoms with Crippen LogP contribution in [0.3, 0.4) is 0 Å². The van der Waals surface area contributed by atoms with Gasteiger partial charge in [-0.25, -0.2) is 4.79 Å². The van der Waals surface area contributed by atoms with Crippen molar-refractivity contribution in [3.05, 3.63) is 83.6 Å². The summed E-state index contributed by atoms with van der Waals surface area (Å²) < 4.78 is 7.50. The normalized spacial score (nSPS) is 18.6. The summed E-state index contributed by atoms with van der Waals surface area (Å²) in [5.41, 5.74) is 3.51. The van der Waals surface area contributed by atoms with E-state index in [0.717, 1.165) is 27.6 Å². The molecule has 0 radical (unpaired) electrons. The minimum Gasteiger partial charge on any atom is -0.494 e. The molecule has 9 nitrogen and oxygen atoms in total. The van der Waals surface area contributed by atoms with Crippen molar-refractivity contribution in [3.63, 3.8) is 0 Å². The van der Waals surface area contributed by atoms with Gasteiger partial charge in [-0.3, -0.25) is 19.6 Å². The van der Waals surface area contributed by atoms with Gasteiger partial charge in [-0.2, -0.15) is 5.10 Å². The number of urea groups is 1. The lowest BCUT2D eigenvalue weighted by atomic mass is 9.88. The van der Waals surface area contributed by atoms with Gasteiger partial charge in [0.15, 0.2) is 5.54 Å². The number of imide groups is 1. The highest BCUT2D eigenvalue weighted by Gasteiger charge is 2.50. The summed E-state index contributed by atoms with van der Waals surface area (Å²) in [5.74, 6) is -0.0633.